The molecule has 4 atom stereocenters. The first-order valence-electron chi connectivity index (χ1n) is 14.5. The van der Waals surface area contributed by atoms with E-state index in [0.717, 1.165) is 75.3 Å². The van der Waals surface area contributed by atoms with Crippen molar-refractivity contribution < 1.29 is 9.53 Å². The number of hydrogen-bond donors (Lipinski definition) is 1. The number of likely N-dealkylation sites (tertiary alicyclic amines) is 2. The molecule has 1 amide bonds. The molecule has 2 saturated heterocycles. The average Bonchev–Trinajstić information content (AvgIpc) is 3.26. The van der Waals surface area contributed by atoms with Gasteiger partial charge in [-0.2, -0.15) is 0 Å². The van der Waals surface area contributed by atoms with Crippen molar-refractivity contribution in [3.8, 4) is 0 Å². The van der Waals surface area contributed by atoms with Gasteiger partial charge in [0.15, 0.2) is 0 Å². The Morgan fingerprint density at radius 2 is 1.78 bits per heavy atom. The third kappa shape index (κ3) is 7.10. The molecular weight excluding hydrogens is 448 g/mol. The van der Waals surface area contributed by atoms with Crippen LogP contribution in [0.15, 0.2) is 29.3 Å². The molecule has 0 radical (unpaired) electrons. The molecule has 1 N–H and O–H groups in total. The summed E-state index contributed by atoms with van der Waals surface area (Å²) in [6.07, 6.45) is 6.98. The number of rotatable bonds is 10. The molecule has 6 heteroatoms. The van der Waals surface area contributed by atoms with Gasteiger partial charge >= 0.3 is 0 Å². The average molecular weight is 497 g/mol. The fraction of sp³-hybridized carbons (Fsp3) is 0.733. The normalized spacial score (nSPS) is 28.1. The number of aryl methyl sites for hydroxylation is 1. The molecule has 3 aliphatic rings. The predicted molar refractivity (Wildman–Crippen MR) is 147 cm³/mol. The number of nitrogens with one attached hydrogen (secondary N) is 1. The maximum absolute atomic E-state index is 12.8. The molecule has 2 fully saturated rings. The Bertz CT molecular complexity index is 867. The first kappa shape index (κ1) is 27.1. The monoisotopic (exact) mass is 496 g/mol. The van der Waals surface area contributed by atoms with Crippen LogP contribution in [0.2, 0.25) is 0 Å². The second-order valence-corrected chi connectivity index (χ2v) is 11.4. The lowest BCUT2D eigenvalue weighted by Crippen LogP contribution is -2.44. The molecule has 2 unspecified atom stereocenters. The quantitative estimate of drug-likeness (QED) is 0.485. The summed E-state index contributed by atoms with van der Waals surface area (Å²) in [4.78, 5) is 22.8. The Kier molecular flexibility index (Phi) is 9.83. The van der Waals surface area contributed by atoms with Gasteiger partial charge in [0.25, 0.3) is 0 Å². The molecule has 1 aromatic carbocycles. The van der Waals surface area contributed by atoms with E-state index in [4.69, 9.17) is 9.73 Å². The van der Waals surface area contributed by atoms with Crippen molar-refractivity contribution in [2.24, 2.45) is 22.7 Å². The van der Waals surface area contributed by atoms with Gasteiger partial charge in [0.05, 0.1) is 0 Å². The Morgan fingerprint density at radius 3 is 2.44 bits per heavy atom. The zero-order chi connectivity index (χ0) is 25.5. The van der Waals surface area contributed by atoms with E-state index in [1.807, 2.05) is 12.1 Å². The van der Waals surface area contributed by atoms with Gasteiger partial charge in [-0.05, 0) is 82.6 Å². The van der Waals surface area contributed by atoms with Crippen molar-refractivity contribution in [1.82, 2.24) is 15.1 Å². The van der Waals surface area contributed by atoms with E-state index in [2.05, 4.69) is 54.9 Å². The molecule has 3 aliphatic heterocycles. The lowest BCUT2D eigenvalue weighted by atomic mass is 9.86. The highest BCUT2D eigenvalue weighted by molar-refractivity contribution is 5.96. The fourth-order valence-electron chi connectivity index (χ4n) is 6.18. The van der Waals surface area contributed by atoms with Gasteiger partial charge in [-0.25, -0.2) is 4.99 Å². The minimum Gasteiger partial charge on any atom is -0.472 e. The third-order valence-electron chi connectivity index (χ3n) is 8.71. The third-order valence-corrected chi connectivity index (χ3v) is 8.71. The van der Waals surface area contributed by atoms with Gasteiger partial charge in [0.2, 0.25) is 11.8 Å². The van der Waals surface area contributed by atoms with Gasteiger partial charge in [-0.3, -0.25) is 4.79 Å². The number of amides is 1. The maximum Gasteiger partial charge on any atom is 0.223 e. The summed E-state index contributed by atoms with van der Waals surface area (Å²) in [6, 6.07) is 8.43. The van der Waals surface area contributed by atoms with Crippen LogP contribution in [-0.2, 0) is 9.53 Å². The van der Waals surface area contributed by atoms with E-state index < -0.39 is 0 Å². The largest absolute Gasteiger partial charge is 0.472 e. The highest BCUT2D eigenvalue weighted by Gasteiger charge is 2.32. The number of benzene rings is 1. The number of piperidine rings is 2. The predicted octanol–water partition coefficient (Wildman–Crippen LogP) is 4.51. The molecule has 4 rings (SSSR count). The summed E-state index contributed by atoms with van der Waals surface area (Å²) in [5.41, 5.74) is 2.29. The minimum atomic E-state index is 0.0840. The Hall–Kier alpha value is -1.92. The van der Waals surface area contributed by atoms with Crippen LogP contribution in [0.4, 0.5) is 0 Å². The number of nitrogens with zero attached hydrogens (tertiary/aromatic N) is 3. The van der Waals surface area contributed by atoms with Gasteiger partial charge < -0.3 is 19.9 Å². The summed E-state index contributed by atoms with van der Waals surface area (Å²) in [5, 5.41) is 3.24. The lowest BCUT2D eigenvalue weighted by Gasteiger charge is -2.37. The molecule has 0 spiro atoms. The van der Waals surface area contributed by atoms with E-state index >= 15 is 0 Å². The van der Waals surface area contributed by atoms with E-state index in [1.165, 1.54) is 37.9 Å². The smallest absolute Gasteiger partial charge is 0.223 e. The molecule has 0 bridgehead atoms. The number of ether oxygens (including phenoxy) is 1. The highest BCUT2D eigenvalue weighted by Crippen LogP contribution is 2.26. The Morgan fingerprint density at radius 1 is 1.08 bits per heavy atom. The summed E-state index contributed by atoms with van der Waals surface area (Å²) in [5.74, 6) is 2.88. The number of hydrogen-bond acceptors (Lipinski definition) is 5. The van der Waals surface area contributed by atoms with Crippen molar-refractivity contribution >= 4 is 11.8 Å². The van der Waals surface area contributed by atoms with Gasteiger partial charge in [0.1, 0.15) is 12.1 Å². The van der Waals surface area contributed by atoms with Crippen LogP contribution < -0.4 is 5.32 Å². The van der Waals surface area contributed by atoms with E-state index in [-0.39, 0.29) is 24.0 Å². The van der Waals surface area contributed by atoms with Crippen molar-refractivity contribution in [1.29, 1.82) is 0 Å². The lowest BCUT2D eigenvalue weighted by molar-refractivity contribution is -0.126. The van der Waals surface area contributed by atoms with Crippen LogP contribution in [0, 0.1) is 24.7 Å². The zero-order valence-corrected chi connectivity index (χ0v) is 23.0. The first-order valence-corrected chi connectivity index (χ1v) is 14.5. The van der Waals surface area contributed by atoms with E-state index in [9.17, 15) is 4.79 Å². The number of carbonyl (C=O) groups is 1. The van der Waals surface area contributed by atoms with Crippen molar-refractivity contribution in [3.63, 3.8) is 0 Å². The maximum atomic E-state index is 12.8. The van der Waals surface area contributed by atoms with Gasteiger partial charge in [-0.15, -0.1) is 0 Å². The van der Waals surface area contributed by atoms with Crippen molar-refractivity contribution in [2.75, 3.05) is 45.8 Å². The first-order chi connectivity index (χ1) is 17.5. The van der Waals surface area contributed by atoms with Crippen LogP contribution >= 0.6 is 0 Å². The second-order valence-electron chi connectivity index (χ2n) is 11.4. The molecule has 0 aromatic heterocycles. The highest BCUT2D eigenvalue weighted by atomic mass is 16.5. The van der Waals surface area contributed by atoms with Crippen LogP contribution in [-0.4, -0.2) is 79.6 Å². The molecule has 3 heterocycles. The standard InChI is InChI=1S/C30H48N4O2/c1-5-24-18-25(6-2)20-34(19-24)15-9-14-31-29(35)26-12-16-33(17-13-26)21-28-23(4)36-30(32-28)27-11-8-7-10-22(27)3/h7-8,10-11,23-26,28H,5-6,9,12-21H2,1-4H3,(H,31,35)/t23?,24-,25+,28?. The Labute approximate surface area is 218 Å². The van der Waals surface area contributed by atoms with Crippen molar-refractivity contribution in [2.45, 2.75) is 78.4 Å². The molecular formula is C30H48N4O2. The zero-order valence-electron chi connectivity index (χ0n) is 23.0. The van der Waals surface area contributed by atoms with Crippen LogP contribution in [0.5, 0.6) is 0 Å². The van der Waals surface area contributed by atoms with Gasteiger partial charge in [-0.1, -0.05) is 44.9 Å². The van der Waals surface area contributed by atoms with Crippen molar-refractivity contribution in [3.05, 3.63) is 35.4 Å². The Balaban J connectivity index is 1.15. The van der Waals surface area contributed by atoms with Crippen LogP contribution in [0.3, 0.4) is 0 Å². The topological polar surface area (TPSA) is 57.2 Å². The molecule has 36 heavy (non-hydrogen) atoms. The molecule has 1 aromatic rings. The fourth-order valence-corrected chi connectivity index (χ4v) is 6.18. The molecule has 6 nitrogen and oxygen atoms in total. The van der Waals surface area contributed by atoms with Crippen LogP contribution in [0.1, 0.15) is 70.4 Å². The summed E-state index contributed by atoms with van der Waals surface area (Å²) in [6.45, 7) is 16.1. The van der Waals surface area contributed by atoms with E-state index in [1.54, 1.807) is 0 Å². The van der Waals surface area contributed by atoms with Gasteiger partial charge in [0, 0.05) is 37.7 Å². The molecule has 0 aliphatic carbocycles. The second kappa shape index (κ2) is 13.0. The number of aliphatic imine (C=N–C) groups is 1. The van der Waals surface area contributed by atoms with Crippen LogP contribution in [0.25, 0.3) is 0 Å². The number of carbonyl (C=O) groups excluding carboxylic acids is 1. The SMILES string of the molecule is CC[C@@H]1C[C@H](CC)CN(CCCNC(=O)C2CCN(CC3N=C(c4ccccc4C)OC3C)CC2)C1. The summed E-state index contributed by atoms with van der Waals surface area (Å²) in [7, 11) is 0. The molecule has 200 valence electrons. The molecule has 0 saturated carbocycles. The summed E-state index contributed by atoms with van der Waals surface area (Å²) >= 11 is 0. The summed E-state index contributed by atoms with van der Waals surface area (Å²) < 4.78 is 6.12. The minimum absolute atomic E-state index is 0.0840. The van der Waals surface area contributed by atoms with E-state index in [0.29, 0.717) is 0 Å².